The predicted octanol–water partition coefficient (Wildman–Crippen LogP) is 2.39. The largest absolute Gasteiger partial charge is 0.377 e. The van der Waals surface area contributed by atoms with Crippen molar-refractivity contribution in [2.45, 2.75) is 58.1 Å². The van der Waals surface area contributed by atoms with E-state index in [0.717, 1.165) is 12.8 Å². The fourth-order valence-corrected chi connectivity index (χ4v) is 2.06. The Labute approximate surface area is 105 Å². The van der Waals surface area contributed by atoms with Gasteiger partial charge in [-0.05, 0) is 26.7 Å². The van der Waals surface area contributed by atoms with Crippen molar-refractivity contribution >= 4 is 6.03 Å². The fourth-order valence-electron chi connectivity index (χ4n) is 2.06. The molecule has 1 rings (SSSR count). The molecule has 0 unspecified atom stereocenters. The van der Waals surface area contributed by atoms with E-state index in [0.29, 0.717) is 19.2 Å². The van der Waals surface area contributed by atoms with Crippen LogP contribution in [-0.4, -0.2) is 43.3 Å². The summed E-state index contributed by atoms with van der Waals surface area (Å²) in [6.07, 6.45) is 6.27. The Bertz CT molecular complexity index is 225. The highest BCUT2D eigenvalue weighted by Crippen LogP contribution is 2.17. The molecular formula is C13H26N2O2. The second-order valence-electron chi connectivity index (χ2n) is 5.13. The summed E-state index contributed by atoms with van der Waals surface area (Å²) in [5, 5.41) is 3.09. The number of likely N-dealkylation sites (N-methyl/N-ethyl adjacent to an activating group) is 1. The molecule has 17 heavy (non-hydrogen) atoms. The summed E-state index contributed by atoms with van der Waals surface area (Å²) in [6.45, 7) is 5.26. The first-order valence-electron chi connectivity index (χ1n) is 6.73. The highest BCUT2D eigenvalue weighted by Gasteiger charge is 2.17. The van der Waals surface area contributed by atoms with Gasteiger partial charge in [0.1, 0.15) is 0 Å². The molecule has 1 saturated carbocycles. The first-order chi connectivity index (χ1) is 8.09. The molecule has 0 aromatic heterocycles. The maximum Gasteiger partial charge on any atom is 0.317 e. The standard InChI is InChI=1S/C13H26N2O2/c1-11(2)17-10-9-15(3)13(16)14-12-7-5-4-6-8-12/h11-12H,4-10H2,1-3H3,(H,14,16). The van der Waals surface area contributed by atoms with Gasteiger partial charge in [0.05, 0.1) is 12.7 Å². The molecule has 4 nitrogen and oxygen atoms in total. The summed E-state index contributed by atoms with van der Waals surface area (Å²) in [4.78, 5) is 13.6. The molecule has 0 aromatic carbocycles. The maximum atomic E-state index is 11.8. The third kappa shape index (κ3) is 5.91. The van der Waals surface area contributed by atoms with Crippen LogP contribution >= 0.6 is 0 Å². The zero-order valence-corrected chi connectivity index (χ0v) is 11.4. The lowest BCUT2D eigenvalue weighted by Gasteiger charge is -2.26. The summed E-state index contributed by atoms with van der Waals surface area (Å²) >= 11 is 0. The number of ether oxygens (including phenoxy) is 1. The minimum Gasteiger partial charge on any atom is -0.377 e. The molecular weight excluding hydrogens is 216 g/mol. The summed E-state index contributed by atoms with van der Waals surface area (Å²) in [5.41, 5.74) is 0. The minimum atomic E-state index is 0.0317. The van der Waals surface area contributed by atoms with Crippen LogP contribution in [0.5, 0.6) is 0 Å². The van der Waals surface area contributed by atoms with Gasteiger partial charge in [-0.1, -0.05) is 19.3 Å². The van der Waals surface area contributed by atoms with E-state index in [4.69, 9.17) is 4.74 Å². The quantitative estimate of drug-likeness (QED) is 0.804. The highest BCUT2D eigenvalue weighted by molar-refractivity contribution is 5.74. The topological polar surface area (TPSA) is 41.6 Å². The van der Waals surface area contributed by atoms with Crippen LogP contribution < -0.4 is 5.32 Å². The molecule has 0 aromatic rings. The number of rotatable bonds is 5. The van der Waals surface area contributed by atoms with Gasteiger partial charge >= 0.3 is 6.03 Å². The van der Waals surface area contributed by atoms with Gasteiger partial charge in [-0.15, -0.1) is 0 Å². The minimum absolute atomic E-state index is 0.0317. The number of carbonyl (C=O) groups excluding carboxylic acids is 1. The first kappa shape index (κ1) is 14.3. The zero-order valence-electron chi connectivity index (χ0n) is 11.4. The summed E-state index contributed by atoms with van der Waals surface area (Å²) in [6, 6.07) is 0.411. The van der Waals surface area contributed by atoms with Crippen molar-refractivity contribution in [1.29, 1.82) is 0 Å². The van der Waals surface area contributed by atoms with Crippen molar-refractivity contribution in [2.24, 2.45) is 0 Å². The van der Waals surface area contributed by atoms with Gasteiger partial charge in [-0.25, -0.2) is 4.79 Å². The van der Waals surface area contributed by atoms with E-state index in [-0.39, 0.29) is 12.1 Å². The number of hydrogen-bond donors (Lipinski definition) is 1. The van der Waals surface area contributed by atoms with E-state index in [9.17, 15) is 4.79 Å². The van der Waals surface area contributed by atoms with Gasteiger partial charge in [0.2, 0.25) is 0 Å². The van der Waals surface area contributed by atoms with E-state index in [1.54, 1.807) is 4.90 Å². The third-order valence-electron chi connectivity index (χ3n) is 3.16. The Morgan fingerprint density at radius 1 is 1.35 bits per heavy atom. The number of nitrogens with one attached hydrogen (secondary N) is 1. The number of carbonyl (C=O) groups is 1. The van der Waals surface area contributed by atoms with Crippen LogP contribution in [0.4, 0.5) is 4.79 Å². The molecule has 0 aliphatic heterocycles. The summed E-state index contributed by atoms with van der Waals surface area (Å²) in [5.74, 6) is 0. The Morgan fingerprint density at radius 2 is 2.00 bits per heavy atom. The Morgan fingerprint density at radius 3 is 2.59 bits per heavy atom. The molecule has 2 amide bonds. The number of urea groups is 1. The van der Waals surface area contributed by atoms with Crippen LogP contribution in [0, 0.1) is 0 Å². The molecule has 0 radical (unpaired) electrons. The molecule has 1 fully saturated rings. The molecule has 0 heterocycles. The molecule has 1 N–H and O–H groups in total. The monoisotopic (exact) mass is 242 g/mol. The average molecular weight is 242 g/mol. The van der Waals surface area contributed by atoms with Crippen molar-refractivity contribution in [3.63, 3.8) is 0 Å². The van der Waals surface area contributed by atoms with Gasteiger partial charge in [0, 0.05) is 19.6 Å². The second kappa shape index (κ2) is 7.54. The molecule has 1 aliphatic rings. The van der Waals surface area contributed by atoms with E-state index in [1.807, 2.05) is 20.9 Å². The van der Waals surface area contributed by atoms with Crippen LogP contribution in [0.3, 0.4) is 0 Å². The number of nitrogens with zero attached hydrogens (tertiary/aromatic N) is 1. The normalized spacial score (nSPS) is 17.2. The first-order valence-corrected chi connectivity index (χ1v) is 6.73. The molecule has 4 heteroatoms. The summed E-state index contributed by atoms with van der Waals surface area (Å²) < 4.78 is 5.43. The number of hydrogen-bond acceptors (Lipinski definition) is 2. The fraction of sp³-hybridized carbons (Fsp3) is 0.923. The van der Waals surface area contributed by atoms with Crippen molar-refractivity contribution in [1.82, 2.24) is 10.2 Å². The lowest BCUT2D eigenvalue weighted by molar-refractivity contribution is 0.0677. The van der Waals surface area contributed by atoms with Crippen LogP contribution in [0.1, 0.15) is 46.0 Å². The van der Waals surface area contributed by atoms with Crippen molar-refractivity contribution in [3.8, 4) is 0 Å². The Hall–Kier alpha value is -0.770. The van der Waals surface area contributed by atoms with Gasteiger partial charge in [-0.2, -0.15) is 0 Å². The molecule has 100 valence electrons. The van der Waals surface area contributed by atoms with Gasteiger partial charge < -0.3 is 15.0 Å². The van der Waals surface area contributed by atoms with E-state index >= 15 is 0 Å². The average Bonchev–Trinajstić information content (AvgIpc) is 2.29. The molecule has 1 aliphatic carbocycles. The molecule has 0 atom stereocenters. The van der Waals surface area contributed by atoms with Crippen molar-refractivity contribution in [2.75, 3.05) is 20.2 Å². The van der Waals surface area contributed by atoms with Crippen molar-refractivity contribution < 1.29 is 9.53 Å². The summed E-state index contributed by atoms with van der Waals surface area (Å²) in [7, 11) is 1.82. The smallest absolute Gasteiger partial charge is 0.317 e. The SMILES string of the molecule is CC(C)OCCN(C)C(=O)NC1CCCCC1. The Balaban J connectivity index is 2.16. The van der Waals surface area contributed by atoms with Crippen LogP contribution in [-0.2, 0) is 4.74 Å². The van der Waals surface area contributed by atoms with E-state index in [1.165, 1.54) is 19.3 Å². The second-order valence-corrected chi connectivity index (χ2v) is 5.13. The van der Waals surface area contributed by atoms with Gasteiger partial charge in [0.25, 0.3) is 0 Å². The van der Waals surface area contributed by atoms with Crippen LogP contribution in [0.25, 0.3) is 0 Å². The van der Waals surface area contributed by atoms with E-state index in [2.05, 4.69) is 5.32 Å². The van der Waals surface area contributed by atoms with Gasteiger partial charge in [-0.3, -0.25) is 0 Å². The highest BCUT2D eigenvalue weighted by atomic mass is 16.5. The van der Waals surface area contributed by atoms with Crippen molar-refractivity contribution in [3.05, 3.63) is 0 Å². The molecule has 0 bridgehead atoms. The number of amides is 2. The third-order valence-corrected chi connectivity index (χ3v) is 3.16. The lowest BCUT2D eigenvalue weighted by atomic mass is 9.96. The molecule has 0 saturated heterocycles. The van der Waals surface area contributed by atoms with E-state index < -0.39 is 0 Å². The lowest BCUT2D eigenvalue weighted by Crippen LogP contribution is -2.44. The van der Waals surface area contributed by atoms with Crippen LogP contribution in [0.15, 0.2) is 0 Å². The predicted molar refractivity (Wildman–Crippen MR) is 69.1 cm³/mol. The maximum absolute atomic E-state index is 11.8. The molecule has 0 spiro atoms. The Kier molecular flexibility index (Phi) is 6.34. The zero-order chi connectivity index (χ0) is 12.7. The van der Waals surface area contributed by atoms with Crippen LogP contribution in [0.2, 0.25) is 0 Å². The van der Waals surface area contributed by atoms with Gasteiger partial charge in [0.15, 0.2) is 0 Å².